The summed E-state index contributed by atoms with van der Waals surface area (Å²) in [6.45, 7) is 3.16. The van der Waals surface area contributed by atoms with E-state index in [-0.39, 0.29) is 17.5 Å². The van der Waals surface area contributed by atoms with Crippen LogP contribution in [-0.4, -0.2) is 45.2 Å². The van der Waals surface area contributed by atoms with Gasteiger partial charge in [0.15, 0.2) is 20.4 Å². The number of benzene rings is 2. The smallest absolute Gasteiger partial charge is 0.199 e. The third-order valence-electron chi connectivity index (χ3n) is 5.59. The van der Waals surface area contributed by atoms with Crippen LogP contribution in [0, 0.1) is 11.7 Å². The molecule has 30 heavy (non-hydrogen) atoms. The lowest BCUT2D eigenvalue weighted by Gasteiger charge is -2.27. The molecular formula is C22H26N4O2S2. The summed E-state index contributed by atoms with van der Waals surface area (Å²) in [4.78, 5) is 2.18. The molecule has 1 aliphatic rings. The van der Waals surface area contributed by atoms with Crippen molar-refractivity contribution in [2.24, 2.45) is 7.05 Å². The molecule has 0 spiro atoms. The Balaban J connectivity index is 1.66. The summed E-state index contributed by atoms with van der Waals surface area (Å²) >= 11 is 5.67. The second kappa shape index (κ2) is 8.45. The van der Waals surface area contributed by atoms with Crippen LogP contribution in [0.25, 0.3) is 11.4 Å². The molecule has 0 aliphatic carbocycles. The van der Waals surface area contributed by atoms with Crippen molar-refractivity contribution >= 4 is 22.1 Å². The Bertz CT molecular complexity index is 1200. The zero-order chi connectivity index (χ0) is 21.3. The number of hydrogen-bond donors (Lipinski definition) is 0. The first-order chi connectivity index (χ1) is 14.3. The third-order valence-corrected chi connectivity index (χ3v) is 7.82. The molecule has 0 saturated carbocycles. The second-order valence-corrected chi connectivity index (χ2v) is 10.6. The van der Waals surface area contributed by atoms with Crippen molar-refractivity contribution in [3.63, 3.8) is 0 Å². The Hall–Kier alpha value is -2.29. The van der Waals surface area contributed by atoms with Crippen LogP contribution in [0.1, 0.15) is 17.5 Å². The van der Waals surface area contributed by atoms with Gasteiger partial charge in [0.05, 0.1) is 18.2 Å². The minimum Gasteiger partial charge on any atom is -0.303 e. The molecule has 1 aliphatic heterocycles. The van der Waals surface area contributed by atoms with Gasteiger partial charge in [-0.05, 0) is 37.2 Å². The number of hydrogen-bond acceptors (Lipinski definition) is 5. The minimum atomic E-state index is -2.99. The van der Waals surface area contributed by atoms with E-state index < -0.39 is 9.84 Å². The van der Waals surface area contributed by atoms with Crippen LogP contribution >= 0.6 is 12.2 Å². The van der Waals surface area contributed by atoms with E-state index in [1.54, 1.807) is 4.68 Å². The molecule has 2 aromatic carbocycles. The maximum Gasteiger partial charge on any atom is 0.199 e. The van der Waals surface area contributed by atoms with Crippen molar-refractivity contribution in [1.82, 2.24) is 19.2 Å². The van der Waals surface area contributed by atoms with Crippen LogP contribution in [0.3, 0.4) is 0 Å². The number of aromatic nitrogens is 3. The number of rotatable bonds is 6. The van der Waals surface area contributed by atoms with Gasteiger partial charge in [-0.3, -0.25) is 4.90 Å². The van der Waals surface area contributed by atoms with Crippen molar-refractivity contribution in [1.29, 1.82) is 0 Å². The Morgan fingerprint density at radius 3 is 2.60 bits per heavy atom. The van der Waals surface area contributed by atoms with E-state index in [2.05, 4.69) is 36.1 Å². The van der Waals surface area contributed by atoms with Crippen LogP contribution in [0.15, 0.2) is 54.6 Å². The van der Waals surface area contributed by atoms with Crippen molar-refractivity contribution in [2.45, 2.75) is 32.6 Å². The van der Waals surface area contributed by atoms with E-state index in [1.807, 2.05) is 41.9 Å². The van der Waals surface area contributed by atoms with Gasteiger partial charge in [-0.2, -0.15) is 5.10 Å². The standard InChI is InChI=1S/C22H26N4O2S2/c1-17-7-6-10-19(13-17)21-23-26(22(29)24(21)2)16-25(14-18-8-4-3-5-9-18)20-11-12-30(27,28)15-20/h3-10,13,20H,11-12,14-16H2,1-2H3. The molecule has 158 valence electrons. The van der Waals surface area contributed by atoms with Gasteiger partial charge in [0.2, 0.25) is 0 Å². The monoisotopic (exact) mass is 442 g/mol. The third kappa shape index (κ3) is 4.55. The van der Waals surface area contributed by atoms with Gasteiger partial charge in [-0.1, -0.05) is 54.1 Å². The molecule has 2 heterocycles. The first-order valence-electron chi connectivity index (χ1n) is 10.0. The van der Waals surface area contributed by atoms with Crippen molar-refractivity contribution < 1.29 is 8.42 Å². The molecule has 1 atom stereocenters. The van der Waals surface area contributed by atoms with Gasteiger partial charge in [0, 0.05) is 25.2 Å². The van der Waals surface area contributed by atoms with Crippen LogP contribution in [0.5, 0.6) is 0 Å². The van der Waals surface area contributed by atoms with E-state index in [0.717, 1.165) is 22.5 Å². The van der Waals surface area contributed by atoms with Crippen molar-refractivity contribution in [3.05, 3.63) is 70.5 Å². The number of nitrogens with zero attached hydrogens (tertiary/aromatic N) is 4. The first-order valence-corrected chi connectivity index (χ1v) is 12.2. The Morgan fingerprint density at radius 1 is 1.17 bits per heavy atom. The van der Waals surface area contributed by atoms with E-state index >= 15 is 0 Å². The summed E-state index contributed by atoms with van der Waals surface area (Å²) < 4.78 is 28.6. The zero-order valence-electron chi connectivity index (χ0n) is 17.2. The summed E-state index contributed by atoms with van der Waals surface area (Å²) in [7, 11) is -1.07. The maximum absolute atomic E-state index is 12.1. The number of aryl methyl sites for hydroxylation is 1. The Morgan fingerprint density at radius 2 is 1.93 bits per heavy atom. The van der Waals surface area contributed by atoms with E-state index in [4.69, 9.17) is 17.3 Å². The molecule has 0 N–H and O–H groups in total. The summed E-state index contributed by atoms with van der Waals surface area (Å²) in [5.74, 6) is 1.23. The lowest BCUT2D eigenvalue weighted by molar-refractivity contribution is 0.146. The minimum absolute atomic E-state index is 0.0402. The predicted molar refractivity (Wildman–Crippen MR) is 121 cm³/mol. The van der Waals surface area contributed by atoms with Crippen LogP contribution in [0.4, 0.5) is 0 Å². The van der Waals surface area contributed by atoms with Gasteiger partial charge >= 0.3 is 0 Å². The fourth-order valence-corrected chi connectivity index (χ4v) is 5.91. The molecule has 0 radical (unpaired) electrons. The molecule has 1 unspecified atom stereocenters. The van der Waals surface area contributed by atoms with Crippen molar-refractivity contribution in [3.8, 4) is 11.4 Å². The van der Waals surface area contributed by atoms with Crippen LogP contribution < -0.4 is 0 Å². The van der Waals surface area contributed by atoms with Gasteiger partial charge in [-0.25, -0.2) is 13.1 Å². The van der Waals surface area contributed by atoms with Crippen molar-refractivity contribution in [2.75, 3.05) is 11.5 Å². The Kier molecular flexibility index (Phi) is 5.90. The summed E-state index contributed by atoms with van der Waals surface area (Å²) in [6.07, 6.45) is 0.639. The molecule has 1 saturated heterocycles. The maximum atomic E-state index is 12.1. The van der Waals surface area contributed by atoms with E-state index in [9.17, 15) is 8.42 Å². The average molecular weight is 443 g/mol. The first kappa shape index (κ1) is 21.0. The highest BCUT2D eigenvalue weighted by Gasteiger charge is 2.32. The molecule has 3 aromatic rings. The molecule has 6 nitrogen and oxygen atoms in total. The van der Waals surface area contributed by atoms with Crippen LogP contribution in [-0.2, 0) is 30.1 Å². The lowest BCUT2D eigenvalue weighted by atomic mass is 10.1. The van der Waals surface area contributed by atoms with Gasteiger partial charge in [-0.15, -0.1) is 0 Å². The SMILES string of the molecule is Cc1cccc(-c2nn(CN(Cc3ccccc3)C3CCS(=O)(=O)C3)c(=S)n2C)c1. The molecule has 1 fully saturated rings. The molecule has 0 bridgehead atoms. The molecular weight excluding hydrogens is 416 g/mol. The molecule has 0 amide bonds. The average Bonchev–Trinajstić information content (AvgIpc) is 3.22. The van der Waals surface area contributed by atoms with Gasteiger partial charge in [0.1, 0.15) is 0 Å². The predicted octanol–water partition coefficient (Wildman–Crippen LogP) is 3.57. The molecule has 4 rings (SSSR count). The lowest BCUT2D eigenvalue weighted by Crippen LogP contribution is -2.37. The highest BCUT2D eigenvalue weighted by molar-refractivity contribution is 7.91. The largest absolute Gasteiger partial charge is 0.303 e. The van der Waals surface area contributed by atoms with E-state index in [0.29, 0.717) is 24.4 Å². The van der Waals surface area contributed by atoms with Gasteiger partial charge < -0.3 is 4.57 Å². The number of sulfone groups is 1. The fourth-order valence-electron chi connectivity index (χ4n) is 3.96. The molecule has 8 heteroatoms. The second-order valence-electron chi connectivity index (χ2n) is 7.96. The van der Waals surface area contributed by atoms with E-state index in [1.165, 1.54) is 0 Å². The van der Waals surface area contributed by atoms with Gasteiger partial charge in [0.25, 0.3) is 0 Å². The highest BCUT2D eigenvalue weighted by Crippen LogP contribution is 2.23. The summed E-state index contributed by atoms with van der Waals surface area (Å²) in [5.41, 5.74) is 3.32. The quantitative estimate of drug-likeness (QED) is 0.546. The highest BCUT2D eigenvalue weighted by atomic mass is 32.2. The topological polar surface area (TPSA) is 60.1 Å². The van der Waals surface area contributed by atoms with Crippen LogP contribution in [0.2, 0.25) is 0 Å². The zero-order valence-corrected chi connectivity index (χ0v) is 18.9. The fraction of sp³-hybridized carbons (Fsp3) is 0.364. The summed E-state index contributed by atoms with van der Waals surface area (Å²) in [6, 6.07) is 18.3. The summed E-state index contributed by atoms with van der Waals surface area (Å²) in [5, 5.41) is 4.79. The normalized spacial score (nSPS) is 18.2. The molecule has 1 aromatic heterocycles. The Labute approximate surface area is 182 Å².